The van der Waals surface area contributed by atoms with E-state index in [0.29, 0.717) is 36.1 Å². The molecular formula is C26H22N2O6S. The van der Waals surface area contributed by atoms with Gasteiger partial charge in [-0.3, -0.25) is 9.59 Å². The highest BCUT2D eigenvalue weighted by Gasteiger charge is 2.23. The highest BCUT2D eigenvalue weighted by Crippen LogP contribution is 2.38. The van der Waals surface area contributed by atoms with E-state index in [2.05, 4.69) is 10.6 Å². The minimum absolute atomic E-state index is 0.225. The average Bonchev–Trinajstić information content (AvgIpc) is 2.86. The molecule has 1 aliphatic heterocycles. The predicted octanol–water partition coefficient (Wildman–Crippen LogP) is 4.51. The number of amides is 2. The van der Waals surface area contributed by atoms with Crippen molar-refractivity contribution >= 4 is 40.9 Å². The molecule has 1 aliphatic rings. The molecule has 1 unspecified atom stereocenters. The maximum Gasteiger partial charge on any atom is 0.328 e. The standard InChI is InChI=1S/C26H22N2O6S/c29-23(11-12-24(30)31)27-18-7-4-8-20(15-18)35-25(17-5-2-1-3-6-17)26(32)28-19-9-10-21-22(16-19)34-14-13-33-21/h1-12,15-16,25H,13-14H2,(H,27,29)(H,28,32)(H,30,31)/b12-11+. The van der Waals surface area contributed by atoms with Gasteiger partial charge in [0.05, 0.1) is 0 Å². The number of carbonyl (C=O) groups is 3. The van der Waals surface area contributed by atoms with Crippen molar-refractivity contribution < 1.29 is 29.0 Å². The van der Waals surface area contributed by atoms with Crippen molar-refractivity contribution in [2.75, 3.05) is 23.8 Å². The van der Waals surface area contributed by atoms with Crippen molar-refractivity contribution in [3.63, 3.8) is 0 Å². The molecule has 4 rings (SSSR count). The lowest BCUT2D eigenvalue weighted by Gasteiger charge is -2.20. The zero-order chi connectivity index (χ0) is 24.6. The molecule has 0 saturated heterocycles. The molecule has 0 aliphatic carbocycles. The molecule has 3 aromatic rings. The molecule has 35 heavy (non-hydrogen) atoms. The SMILES string of the molecule is O=C(O)/C=C/C(=O)Nc1cccc(SC(C(=O)Nc2ccc3c(c2)OCCO3)c2ccccc2)c1. The van der Waals surface area contributed by atoms with Gasteiger partial charge in [0.15, 0.2) is 11.5 Å². The Morgan fingerprint density at radius 2 is 1.57 bits per heavy atom. The van der Waals surface area contributed by atoms with Crippen molar-refractivity contribution in [3.8, 4) is 11.5 Å². The number of nitrogens with one attached hydrogen (secondary N) is 2. The third-order valence-corrected chi connectivity index (χ3v) is 6.13. The summed E-state index contributed by atoms with van der Waals surface area (Å²) in [5.41, 5.74) is 1.88. The Balaban J connectivity index is 1.52. The summed E-state index contributed by atoms with van der Waals surface area (Å²) in [6, 6.07) is 21.6. The number of aliphatic carboxylic acids is 1. The van der Waals surface area contributed by atoms with E-state index in [0.717, 1.165) is 22.6 Å². The lowest BCUT2D eigenvalue weighted by molar-refractivity contribution is -0.131. The van der Waals surface area contributed by atoms with Crippen LogP contribution in [0.1, 0.15) is 10.8 Å². The van der Waals surface area contributed by atoms with E-state index in [1.165, 1.54) is 11.8 Å². The van der Waals surface area contributed by atoms with Crippen LogP contribution in [0.2, 0.25) is 0 Å². The molecule has 178 valence electrons. The summed E-state index contributed by atoms with van der Waals surface area (Å²) >= 11 is 1.33. The summed E-state index contributed by atoms with van der Waals surface area (Å²) in [5, 5.41) is 13.7. The monoisotopic (exact) mass is 490 g/mol. The molecule has 2 amide bonds. The van der Waals surface area contributed by atoms with Gasteiger partial charge in [-0.25, -0.2) is 4.79 Å². The van der Waals surface area contributed by atoms with E-state index < -0.39 is 17.1 Å². The quantitative estimate of drug-likeness (QED) is 0.314. The zero-order valence-corrected chi connectivity index (χ0v) is 19.3. The maximum atomic E-state index is 13.4. The van der Waals surface area contributed by atoms with Gasteiger partial charge in [-0.15, -0.1) is 11.8 Å². The number of carboxylic acid groups (broad SMARTS) is 1. The van der Waals surface area contributed by atoms with Gasteiger partial charge in [-0.05, 0) is 35.9 Å². The largest absolute Gasteiger partial charge is 0.486 e. The molecule has 8 nitrogen and oxygen atoms in total. The first kappa shape index (κ1) is 23.9. The first-order valence-corrected chi connectivity index (χ1v) is 11.6. The van der Waals surface area contributed by atoms with Gasteiger partial charge in [-0.1, -0.05) is 36.4 Å². The van der Waals surface area contributed by atoms with Crippen LogP contribution in [0, 0.1) is 0 Å². The van der Waals surface area contributed by atoms with E-state index in [9.17, 15) is 14.4 Å². The minimum Gasteiger partial charge on any atom is -0.486 e. The number of thioether (sulfide) groups is 1. The first-order valence-electron chi connectivity index (χ1n) is 10.7. The molecule has 1 heterocycles. The number of carbonyl (C=O) groups excluding carboxylic acids is 2. The number of rotatable bonds is 8. The molecule has 3 aromatic carbocycles. The van der Waals surface area contributed by atoms with Crippen LogP contribution >= 0.6 is 11.8 Å². The van der Waals surface area contributed by atoms with E-state index in [-0.39, 0.29) is 5.91 Å². The zero-order valence-electron chi connectivity index (χ0n) is 18.5. The summed E-state index contributed by atoms with van der Waals surface area (Å²) in [5.74, 6) is -0.778. The Labute approximate surface area is 205 Å². The van der Waals surface area contributed by atoms with Crippen LogP contribution in [0.3, 0.4) is 0 Å². The third kappa shape index (κ3) is 6.64. The molecule has 3 N–H and O–H groups in total. The lowest BCUT2D eigenvalue weighted by Crippen LogP contribution is -2.20. The number of ether oxygens (including phenoxy) is 2. The van der Waals surface area contributed by atoms with Crippen molar-refractivity contribution in [3.05, 3.63) is 90.5 Å². The van der Waals surface area contributed by atoms with Crippen LogP contribution in [-0.4, -0.2) is 36.1 Å². The van der Waals surface area contributed by atoms with Crippen LogP contribution in [-0.2, 0) is 14.4 Å². The third-order valence-electron chi connectivity index (χ3n) is 4.88. The summed E-state index contributed by atoms with van der Waals surface area (Å²) in [6.07, 6.45) is 1.71. The second kappa shape index (κ2) is 11.3. The molecule has 9 heteroatoms. The second-order valence-corrected chi connectivity index (χ2v) is 8.62. The molecule has 0 bridgehead atoms. The molecule has 0 aromatic heterocycles. The van der Waals surface area contributed by atoms with Crippen molar-refractivity contribution in [2.24, 2.45) is 0 Å². The topological polar surface area (TPSA) is 114 Å². The summed E-state index contributed by atoms with van der Waals surface area (Å²) in [6.45, 7) is 0.937. The second-order valence-electron chi connectivity index (χ2n) is 7.44. The van der Waals surface area contributed by atoms with Crippen LogP contribution in [0.15, 0.2) is 89.8 Å². The fourth-order valence-electron chi connectivity index (χ4n) is 3.34. The van der Waals surface area contributed by atoms with Crippen molar-refractivity contribution in [1.82, 2.24) is 0 Å². The number of benzene rings is 3. The first-order chi connectivity index (χ1) is 17.0. The van der Waals surface area contributed by atoms with Gasteiger partial charge >= 0.3 is 5.97 Å². The highest BCUT2D eigenvalue weighted by atomic mass is 32.2. The Kier molecular flexibility index (Phi) is 7.69. The van der Waals surface area contributed by atoms with Crippen LogP contribution in [0.25, 0.3) is 0 Å². The van der Waals surface area contributed by atoms with Crippen molar-refractivity contribution in [1.29, 1.82) is 0 Å². The Hall–Kier alpha value is -4.24. The summed E-state index contributed by atoms with van der Waals surface area (Å²) in [4.78, 5) is 36.7. The molecule has 0 saturated carbocycles. The summed E-state index contributed by atoms with van der Waals surface area (Å²) in [7, 11) is 0. The molecule has 0 spiro atoms. The number of anilines is 2. The lowest BCUT2D eigenvalue weighted by atomic mass is 10.1. The predicted molar refractivity (Wildman–Crippen MR) is 133 cm³/mol. The van der Waals surface area contributed by atoms with Gasteiger partial charge in [0, 0.05) is 34.5 Å². The van der Waals surface area contributed by atoms with E-state index in [4.69, 9.17) is 14.6 Å². The maximum absolute atomic E-state index is 13.4. The molecule has 0 fully saturated rings. The van der Waals surface area contributed by atoms with Gasteiger partial charge in [0.2, 0.25) is 11.8 Å². The normalized spacial score (nSPS) is 13.1. The number of carboxylic acids is 1. The fraction of sp³-hybridized carbons (Fsp3) is 0.115. The van der Waals surface area contributed by atoms with Crippen LogP contribution in [0.5, 0.6) is 11.5 Å². The van der Waals surface area contributed by atoms with Gasteiger partial charge in [0.1, 0.15) is 18.5 Å². The van der Waals surface area contributed by atoms with Gasteiger partial charge < -0.3 is 25.2 Å². The van der Waals surface area contributed by atoms with Crippen LogP contribution in [0.4, 0.5) is 11.4 Å². The van der Waals surface area contributed by atoms with Gasteiger partial charge in [-0.2, -0.15) is 0 Å². The minimum atomic E-state index is -1.21. The number of hydrogen-bond donors (Lipinski definition) is 3. The smallest absolute Gasteiger partial charge is 0.328 e. The van der Waals surface area contributed by atoms with Crippen LogP contribution < -0.4 is 20.1 Å². The molecule has 1 atom stereocenters. The van der Waals surface area contributed by atoms with E-state index in [1.807, 2.05) is 36.4 Å². The number of fused-ring (bicyclic) bond motifs is 1. The molecular weight excluding hydrogens is 468 g/mol. The highest BCUT2D eigenvalue weighted by molar-refractivity contribution is 8.00. The Morgan fingerprint density at radius 3 is 2.34 bits per heavy atom. The summed E-state index contributed by atoms with van der Waals surface area (Å²) < 4.78 is 11.1. The van der Waals surface area contributed by atoms with Gasteiger partial charge in [0.25, 0.3) is 0 Å². The molecule has 0 radical (unpaired) electrons. The van der Waals surface area contributed by atoms with E-state index in [1.54, 1.807) is 36.4 Å². The Morgan fingerprint density at radius 1 is 0.829 bits per heavy atom. The fourth-order valence-corrected chi connectivity index (χ4v) is 4.43. The van der Waals surface area contributed by atoms with E-state index >= 15 is 0 Å². The Bertz CT molecular complexity index is 1260. The number of hydrogen-bond acceptors (Lipinski definition) is 6. The van der Waals surface area contributed by atoms with Crippen molar-refractivity contribution in [2.45, 2.75) is 10.1 Å². The average molecular weight is 491 g/mol.